The fourth-order valence-corrected chi connectivity index (χ4v) is 2.92. The molecule has 0 aromatic heterocycles. The van der Waals surface area contributed by atoms with Gasteiger partial charge in [-0.05, 0) is 44.0 Å². The summed E-state index contributed by atoms with van der Waals surface area (Å²) in [5, 5.41) is 29.0. The van der Waals surface area contributed by atoms with Crippen LogP contribution < -0.4 is 21.3 Å². The minimum atomic E-state index is -1.22. The third kappa shape index (κ3) is 7.07. The van der Waals surface area contributed by atoms with Crippen LogP contribution in [0.4, 0.5) is 0 Å². The molecule has 0 spiro atoms. The molecule has 3 unspecified atom stereocenters. The Morgan fingerprint density at radius 3 is 2.45 bits per heavy atom. The first-order valence-electron chi connectivity index (χ1n) is 9.38. The topological polar surface area (TPSA) is 157 Å². The van der Waals surface area contributed by atoms with E-state index in [2.05, 4.69) is 21.3 Å². The fraction of sp³-hybridized carbons (Fsp3) is 0.474. The highest BCUT2D eigenvalue weighted by Gasteiger charge is 2.25. The van der Waals surface area contributed by atoms with E-state index in [0.29, 0.717) is 12.0 Å². The number of carboxylic acid groups (broad SMARTS) is 1. The number of rotatable bonds is 9. The van der Waals surface area contributed by atoms with E-state index < -0.39 is 29.9 Å². The van der Waals surface area contributed by atoms with Crippen LogP contribution in [0.15, 0.2) is 24.3 Å². The standard InChI is InChI=1S/C19H26N4O6/c1-11(22-16(25)10-21-18(27)14-3-2-8-20-14)17(26)23-15(19(28)29)9-12-4-6-13(24)7-5-12/h4-7,11,14-15,20,24H,2-3,8-10H2,1H3,(H,21,27)(H,22,25)(H,23,26)(H,28,29). The minimum absolute atomic E-state index is 0.0203. The molecule has 158 valence electrons. The van der Waals surface area contributed by atoms with Gasteiger partial charge in [0.15, 0.2) is 0 Å². The average molecular weight is 406 g/mol. The van der Waals surface area contributed by atoms with Crippen molar-refractivity contribution in [3.63, 3.8) is 0 Å². The first-order chi connectivity index (χ1) is 13.8. The van der Waals surface area contributed by atoms with E-state index in [4.69, 9.17) is 0 Å². The van der Waals surface area contributed by atoms with Crippen LogP contribution in [0.5, 0.6) is 5.75 Å². The van der Waals surface area contributed by atoms with E-state index in [0.717, 1.165) is 13.0 Å². The Hall–Kier alpha value is -3.14. The minimum Gasteiger partial charge on any atom is -0.508 e. The van der Waals surface area contributed by atoms with Crippen LogP contribution in [0.1, 0.15) is 25.3 Å². The highest BCUT2D eigenvalue weighted by molar-refractivity contribution is 5.92. The summed E-state index contributed by atoms with van der Waals surface area (Å²) in [5.74, 6) is -2.65. The molecule has 1 aliphatic rings. The lowest BCUT2D eigenvalue weighted by Gasteiger charge is -2.19. The summed E-state index contributed by atoms with van der Waals surface area (Å²) in [6.45, 7) is 1.91. The molecule has 0 aliphatic carbocycles. The lowest BCUT2D eigenvalue weighted by Crippen LogP contribution is -2.53. The maximum atomic E-state index is 12.3. The van der Waals surface area contributed by atoms with Crippen molar-refractivity contribution >= 4 is 23.7 Å². The van der Waals surface area contributed by atoms with Crippen LogP contribution >= 0.6 is 0 Å². The first kappa shape index (κ1) is 22.2. The number of amides is 3. The van der Waals surface area contributed by atoms with Crippen molar-refractivity contribution in [3.05, 3.63) is 29.8 Å². The van der Waals surface area contributed by atoms with Gasteiger partial charge in [-0.25, -0.2) is 4.79 Å². The van der Waals surface area contributed by atoms with E-state index in [-0.39, 0.29) is 30.7 Å². The van der Waals surface area contributed by atoms with Crippen molar-refractivity contribution in [1.82, 2.24) is 21.3 Å². The Labute approximate surface area is 168 Å². The maximum Gasteiger partial charge on any atom is 0.326 e. The predicted molar refractivity (Wildman–Crippen MR) is 103 cm³/mol. The van der Waals surface area contributed by atoms with Crippen molar-refractivity contribution in [2.45, 2.75) is 44.3 Å². The Morgan fingerprint density at radius 2 is 1.86 bits per heavy atom. The second-order valence-corrected chi connectivity index (χ2v) is 6.93. The SMILES string of the molecule is CC(NC(=O)CNC(=O)C1CCCN1)C(=O)NC(Cc1ccc(O)cc1)C(=O)O. The van der Waals surface area contributed by atoms with E-state index in [1.807, 2.05) is 0 Å². The molecule has 1 aromatic carbocycles. The largest absolute Gasteiger partial charge is 0.508 e. The summed E-state index contributed by atoms with van der Waals surface area (Å²) in [4.78, 5) is 47.5. The van der Waals surface area contributed by atoms with Gasteiger partial charge in [0.05, 0.1) is 12.6 Å². The maximum absolute atomic E-state index is 12.3. The summed E-state index contributed by atoms with van der Waals surface area (Å²) in [6.07, 6.45) is 1.63. The number of aliphatic carboxylic acids is 1. The lowest BCUT2D eigenvalue weighted by molar-refractivity contribution is -0.142. The third-order valence-electron chi connectivity index (χ3n) is 4.56. The molecule has 1 saturated heterocycles. The van der Waals surface area contributed by atoms with Gasteiger partial charge in [-0.3, -0.25) is 14.4 Å². The van der Waals surface area contributed by atoms with Crippen LogP contribution in [0, 0.1) is 0 Å². The monoisotopic (exact) mass is 406 g/mol. The van der Waals surface area contributed by atoms with E-state index in [1.165, 1.54) is 19.1 Å². The van der Waals surface area contributed by atoms with Gasteiger partial charge in [-0.15, -0.1) is 0 Å². The van der Waals surface area contributed by atoms with E-state index >= 15 is 0 Å². The molecule has 3 amide bonds. The van der Waals surface area contributed by atoms with E-state index in [9.17, 15) is 29.4 Å². The average Bonchev–Trinajstić information content (AvgIpc) is 3.22. The van der Waals surface area contributed by atoms with Crippen molar-refractivity contribution < 1.29 is 29.4 Å². The molecule has 2 rings (SSSR count). The van der Waals surface area contributed by atoms with Crippen LogP contribution in [0.3, 0.4) is 0 Å². The molecule has 3 atom stereocenters. The number of benzene rings is 1. The van der Waals surface area contributed by atoms with Crippen LogP contribution in [0.2, 0.25) is 0 Å². The number of hydrogen-bond donors (Lipinski definition) is 6. The second-order valence-electron chi connectivity index (χ2n) is 6.93. The van der Waals surface area contributed by atoms with Gasteiger partial charge in [0.1, 0.15) is 17.8 Å². The molecule has 1 aromatic rings. The number of carbonyl (C=O) groups is 4. The third-order valence-corrected chi connectivity index (χ3v) is 4.56. The predicted octanol–water partition coefficient (Wildman–Crippen LogP) is -1.12. The first-order valence-corrected chi connectivity index (χ1v) is 9.38. The zero-order valence-corrected chi connectivity index (χ0v) is 16.1. The molecular formula is C19H26N4O6. The number of phenolic OH excluding ortho intramolecular Hbond substituents is 1. The van der Waals surface area contributed by atoms with Crippen LogP contribution in [0.25, 0.3) is 0 Å². The Morgan fingerprint density at radius 1 is 1.17 bits per heavy atom. The molecule has 1 fully saturated rings. The van der Waals surface area contributed by atoms with Gasteiger partial charge in [0, 0.05) is 6.42 Å². The number of hydrogen-bond acceptors (Lipinski definition) is 6. The normalized spacial score (nSPS) is 17.8. The molecule has 0 bridgehead atoms. The summed E-state index contributed by atoms with van der Waals surface area (Å²) < 4.78 is 0. The molecule has 10 heteroatoms. The van der Waals surface area contributed by atoms with Crippen molar-refractivity contribution in [1.29, 1.82) is 0 Å². The summed E-state index contributed by atoms with van der Waals surface area (Å²) in [7, 11) is 0. The number of carboxylic acids is 1. The molecule has 0 saturated carbocycles. The summed E-state index contributed by atoms with van der Waals surface area (Å²) >= 11 is 0. The van der Waals surface area contributed by atoms with E-state index in [1.54, 1.807) is 12.1 Å². The van der Waals surface area contributed by atoms with Gasteiger partial charge >= 0.3 is 5.97 Å². The molecule has 29 heavy (non-hydrogen) atoms. The van der Waals surface area contributed by atoms with Gasteiger partial charge in [-0.2, -0.15) is 0 Å². The van der Waals surface area contributed by atoms with Crippen LogP contribution in [-0.2, 0) is 25.6 Å². The van der Waals surface area contributed by atoms with Crippen molar-refractivity contribution in [2.24, 2.45) is 0 Å². The zero-order chi connectivity index (χ0) is 21.4. The van der Waals surface area contributed by atoms with Gasteiger partial charge in [0.2, 0.25) is 17.7 Å². The smallest absolute Gasteiger partial charge is 0.326 e. The molecule has 6 N–H and O–H groups in total. The Balaban J connectivity index is 1.80. The molecule has 1 aliphatic heterocycles. The van der Waals surface area contributed by atoms with Crippen molar-refractivity contribution in [3.8, 4) is 5.75 Å². The fourth-order valence-electron chi connectivity index (χ4n) is 2.92. The number of aromatic hydroxyl groups is 1. The Bertz CT molecular complexity index is 746. The summed E-state index contributed by atoms with van der Waals surface area (Å²) in [5.41, 5.74) is 0.621. The molecule has 1 heterocycles. The number of phenols is 1. The van der Waals surface area contributed by atoms with Gasteiger partial charge in [-0.1, -0.05) is 12.1 Å². The van der Waals surface area contributed by atoms with Crippen molar-refractivity contribution in [2.75, 3.05) is 13.1 Å². The Kier molecular flexibility index (Phi) is 7.96. The van der Waals surface area contributed by atoms with Gasteiger partial charge in [0.25, 0.3) is 0 Å². The quantitative estimate of drug-likeness (QED) is 0.303. The summed E-state index contributed by atoms with van der Waals surface area (Å²) in [6, 6.07) is 3.49. The molecule has 0 radical (unpaired) electrons. The lowest BCUT2D eigenvalue weighted by atomic mass is 10.1. The highest BCUT2D eigenvalue weighted by Crippen LogP contribution is 2.11. The molecular weight excluding hydrogens is 380 g/mol. The molecule has 10 nitrogen and oxygen atoms in total. The van der Waals surface area contributed by atoms with Gasteiger partial charge < -0.3 is 31.5 Å². The number of nitrogens with one attached hydrogen (secondary N) is 4. The second kappa shape index (κ2) is 10.4. The van der Waals surface area contributed by atoms with Crippen LogP contribution in [-0.4, -0.2) is 65.1 Å². The zero-order valence-electron chi connectivity index (χ0n) is 16.1. The number of carbonyl (C=O) groups excluding carboxylic acids is 3. The highest BCUT2D eigenvalue weighted by atomic mass is 16.4.